The highest BCUT2D eigenvalue weighted by Gasteiger charge is 2.03. The summed E-state index contributed by atoms with van der Waals surface area (Å²) in [5.74, 6) is 0.427. The molecule has 1 aromatic rings. The molecule has 0 saturated heterocycles. The molecule has 0 aliphatic carbocycles. The molecule has 0 aliphatic rings. The Bertz CT molecular complexity index is 422. The Hall–Kier alpha value is -1.77. The molecule has 0 fully saturated rings. The highest BCUT2D eigenvalue weighted by Crippen LogP contribution is 2.17. The van der Waals surface area contributed by atoms with Crippen LogP contribution in [0, 0.1) is 19.8 Å². The summed E-state index contributed by atoms with van der Waals surface area (Å²) < 4.78 is 0. The van der Waals surface area contributed by atoms with Gasteiger partial charge in [-0.2, -0.15) is 0 Å². The van der Waals surface area contributed by atoms with E-state index < -0.39 is 0 Å². The monoisotopic (exact) mass is 232 g/mol. The predicted molar refractivity (Wildman–Crippen MR) is 72.0 cm³/mol. The maximum atomic E-state index is 11.6. The molecule has 2 N–H and O–H groups in total. The number of aryl methyl sites for hydroxylation is 1. The molecule has 0 unspecified atom stereocenters. The predicted octanol–water partition coefficient (Wildman–Crippen LogP) is 3.59. The molecule has 0 aromatic heterocycles. The van der Waals surface area contributed by atoms with E-state index in [1.807, 2.05) is 38.1 Å². The molecular formula is C14H20N2O. The van der Waals surface area contributed by atoms with Crippen molar-refractivity contribution in [3.8, 4) is 0 Å². The normalized spacial score (nSPS) is 10.9. The van der Waals surface area contributed by atoms with Gasteiger partial charge >= 0.3 is 6.03 Å². The average molecular weight is 232 g/mol. The van der Waals surface area contributed by atoms with E-state index >= 15 is 0 Å². The van der Waals surface area contributed by atoms with Crippen molar-refractivity contribution in [1.29, 1.82) is 0 Å². The molecular weight excluding hydrogens is 212 g/mol. The van der Waals surface area contributed by atoms with Crippen LogP contribution >= 0.6 is 0 Å². The maximum absolute atomic E-state index is 11.6. The molecule has 2 amide bonds. The molecule has 0 atom stereocenters. The largest absolute Gasteiger partial charge is 0.323 e. The number of carbonyl (C=O) groups excluding carboxylic acids is 1. The Morgan fingerprint density at radius 2 is 2.00 bits per heavy atom. The van der Waals surface area contributed by atoms with Crippen LogP contribution in [0.2, 0.25) is 0 Å². The second-order valence-electron chi connectivity index (χ2n) is 4.45. The minimum Gasteiger partial charge on any atom is -0.315 e. The van der Waals surface area contributed by atoms with Crippen LogP contribution in [0.4, 0.5) is 10.5 Å². The van der Waals surface area contributed by atoms with Gasteiger partial charge in [0.25, 0.3) is 0 Å². The molecule has 0 radical (unpaired) electrons. The van der Waals surface area contributed by atoms with Gasteiger partial charge in [-0.3, -0.25) is 0 Å². The summed E-state index contributed by atoms with van der Waals surface area (Å²) in [7, 11) is 0. The van der Waals surface area contributed by atoms with Crippen molar-refractivity contribution in [3.63, 3.8) is 0 Å². The van der Waals surface area contributed by atoms with Crippen LogP contribution in [0.15, 0.2) is 30.5 Å². The highest BCUT2D eigenvalue weighted by atomic mass is 16.2. The first-order valence-corrected chi connectivity index (χ1v) is 5.81. The van der Waals surface area contributed by atoms with Crippen molar-refractivity contribution in [1.82, 2.24) is 5.32 Å². The first-order valence-electron chi connectivity index (χ1n) is 5.81. The quantitative estimate of drug-likeness (QED) is 0.821. The lowest BCUT2D eigenvalue weighted by molar-refractivity contribution is 0.255. The number of rotatable bonds is 3. The lowest BCUT2D eigenvalue weighted by atomic mass is 10.1. The van der Waals surface area contributed by atoms with Crippen molar-refractivity contribution in [2.75, 3.05) is 5.32 Å². The molecule has 0 spiro atoms. The van der Waals surface area contributed by atoms with Crippen LogP contribution in [-0.2, 0) is 0 Å². The number of nitrogens with one attached hydrogen (secondary N) is 2. The first kappa shape index (κ1) is 13.3. The van der Waals surface area contributed by atoms with Gasteiger partial charge < -0.3 is 10.6 Å². The third-order valence-corrected chi connectivity index (χ3v) is 2.55. The number of benzene rings is 1. The summed E-state index contributed by atoms with van der Waals surface area (Å²) in [5, 5.41) is 5.50. The molecule has 3 heteroatoms. The van der Waals surface area contributed by atoms with Crippen molar-refractivity contribution >= 4 is 11.7 Å². The minimum atomic E-state index is -0.212. The second-order valence-corrected chi connectivity index (χ2v) is 4.45. The zero-order valence-electron chi connectivity index (χ0n) is 10.9. The fourth-order valence-electron chi connectivity index (χ4n) is 1.36. The van der Waals surface area contributed by atoms with Gasteiger partial charge in [-0.05, 0) is 37.0 Å². The topological polar surface area (TPSA) is 41.1 Å². The SMILES string of the molecule is Cc1cccc(NC(=O)N/C=C/C(C)C)c1C. The Morgan fingerprint density at radius 3 is 2.65 bits per heavy atom. The van der Waals surface area contributed by atoms with E-state index in [4.69, 9.17) is 0 Å². The Morgan fingerprint density at radius 1 is 1.29 bits per heavy atom. The fraction of sp³-hybridized carbons (Fsp3) is 0.357. The van der Waals surface area contributed by atoms with E-state index in [1.54, 1.807) is 6.20 Å². The number of allylic oxidation sites excluding steroid dienone is 1. The maximum Gasteiger partial charge on any atom is 0.323 e. The van der Waals surface area contributed by atoms with Crippen LogP contribution in [0.3, 0.4) is 0 Å². The van der Waals surface area contributed by atoms with E-state index in [0.29, 0.717) is 5.92 Å². The molecule has 17 heavy (non-hydrogen) atoms. The van der Waals surface area contributed by atoms with E-state index in [1.165, 1.54) is 5.56 Å². The minimum absolute atomic E-state index is 0.212. The van der Waals surface area contributed by atoms with Gasteiger partial charge in [0, 0.05) is 11.9 Å². The van der Waals surface area contributed by atoms with Crippen LogP contribution in [0.5, 0.6) is 0 Å². The molecule has 0 bridgehead atoms. The first-order chi connectivity index (χ1) is 8.00. The highest BCUT2D eigenvalue weighted by molar-refractivity contribution is 5.90. The van der Waals surface area contributed by atoms with Crippen molar-refractivity contribution in [2.45, 2.75) is 27.7 Å². The van der Waals surface area contributed by atoms with E-state index in [9.17, 15) is 4.79 Å². The van der Waals surface area contributed by atoms with Crippen LogP contribution in [-0.4, -0.2) is 6.03 Å². The summed E-state index contributed by atoms with van der Waals surface area (Å²) in [4.78, 5) is 11.6. The molecule has 0 aliphatic heterocycles. The van der Waals surface area contributed by atoms with E-state index in [2.05, 4.69) is 24.5 Å². The van der Waals surface area contributed by atoms with Gasteiger partial charge in [-0.1, -0.05) is 32.1 Å². The number of hydrogen-bond donors (Lipinski definition) is 2. The Labute approximate surface area is 103 Å². The molecule has 0 saturated carbocycles. The van der Waals surface area contributed by atoms with Crippen molar-refractivity contribution in [3.05, 3.63) is 41.6 Å². The number of urea groups is 1. The van der Waals surface area contributed by atoms with E-state index in [0.717, 1.165) is 11.3 Å². The van der Waals surface area contributed by atoms with Crippen LogP contribution in [0.25, 0.3) is 0 Å². The average Bonchev–Trinajstić information content (AvgIpc) is 2.24. The van der Waals surface area contributed by atoms with Gasteiger partial charge in [-0.15, -0.1) is 0 Å². The summed E-state index contributed by atoms with van der Waals surface area (Å²) in [6, 6.07) is 5.64. The van der Waals surface area contributed by atoms with Gasteiger partial charge in [0.15, 0.2) is 0 Å². The summed E-state index contributed by atoms with van der Waals surface area (Å²) >= 11 is 0. The van der Waals surface area contributed by atoms with Gasteiger partial charge in [-0.25, -0.2) is 4.79 Å². The second kappa shape index (κ2) is 6.09. The molecule has 92 valence electrons. The molecule has 1 rings (SSSR count). The van der Waals surface area contributed by atoms with E-state index in [-0.39, 0.29) is 6.03 Å². The van der Waals surface area contributed by atoms with Gasteiger partial charge in [0.1, 0.15) is 0 Å². The smallest absolute Gasteiger partial charge is 0.315 e. The molecule has 1 aromatic carbocycles. The number of anilines is 1. The lowest BCUT2D eigenvalue weighted by Gasteiger charge is -2.09. The number of carbonyl (C=O) groups is 1. The summed E-state index contributed by atoms with van der Waals surface area (Å²) in [6.07, 6.45) is 3.60. The third kappa shape index (κ3) is 4.31. The molecule has 0 heterocycles. The number of hydrogen-bond acceptors (Lipinski definition) is 1. The lowest BCUT2D eigenvalue weighted by Crippen LogP contribution is -2.24. The van der Waals surface area contributed by atoms with Crippen LogP contribution < -0.4 is 10.6 Å². The van der Waals surface area contributed by atoms with Gasteiger partial charge in [0.05, 0.1) is 0 Å². The standard InChI is InChI=1S/C14H20N2O/c1-10(2)8-9-15-14(17)16-13-7-5-6-11(3)12(13)4/h5-10H,1-4H3,(H2,15,16,17)/b9-8+. The number of amides is 2. The Kier molecular flexibility index (Phi) is 4.76. The zero-order chi connectivity index (χ0) is 12.8. The fourth-order valence-corrected chi connectivity index (χ4v) is 1.36. The van der Waals surface area contributed by atoms with Crippen molar-refractivity contribution < 1.29 is 4.79 Å². The van der Waals surface area contributed by atoms with Crippen LogP contribution in [0.1, 0.15) is 25.0 Å². The zero-order valence-corrected chi connectivity index (χ0v) is 10.9. The van der Waals surface area contributed by atoms with Crippen molar-refractivity contribution in [2.24, 2.45) is 5.92 Å². The van der Waals surface area contributed by atoms with Gasteiger partial charge in [0.2, 0.25) is 0 Å². The summed E-state index contributed by atoms with van der Waals surface area (Å²) in [6.45, 7) is 8.13. The summed E-state index contributed by atoms with van der Waals surface area (Å²) in [5.41, 5.74) is 3.11. The molecule has 3 nitrogen and oxygen atoms in total. The Balaban J connectivity index is 2.60. The third-order valence-electron chi connectivity index (χ3n) is 2.55.